The van der Waals surface area contributed by atoms with Gasteiger partial charge in [0.1, 0.15) is 5.75 Å². The fourth-order valence-corrected chi connectivity index (χ4v) is 3.71. The molecule has 1 aromatic heterocycles. The standard InChI is InChI=1S/C21H25Cl2N3O3/c1-15(27)25-29-21-20(13-18(23)14-24-21)16-7-10-26(11-8-16)9-2-12-28-19-5-3-17(22)4-6-19/h3-6,13-14,16H,2,7-12H2,1H3,(H,25,27). The maximum Gasteiger partial charge on any atom is 0.249 e. The molecule has 29 heavy (non-hydrogen) atoms. The number of benzene rings is 1. The summed E-state index contributed by atoms with van der Waals surface area (Å²) in [5.41, 5.74) is 3.29. The molecule has 3 rings (SSSR count). The summed E-state index contributed by atoms with van der Waals surface area (Å²) in [4.78, 5) is 23.2. The fraction of sp³-hybridized carbons (Fsp3) is 0.429. The van der Waals surface area contributed by atoms with E-state index in [-0.39, 0.29) is 5.91 Å². The van der Waals surface area contributed by atoms with E-state index in [2.05, 4.69) is 15.4 Å². The summed E-state index contributed by atoms with van der Waals surface area (Å²) >= 11 is 12.0. The van der Waals surface area contributed by atoms with Crippen molar-refractivity contribution in [3.8, 4) is 11.6 Å². The summed E-state index contributed by atoms with van der Waals surface area (Å²) < 4.78 is 5.76. The van der Waals surface area contributed by atoms with Crippen LogP contribution in [0.2, 0.25) is 10.0 Å². The van der Waals surface area contributed by atoms with E-state index in [9.17, 15) is 4.79 Å². The average Bonchev–Trinajstić information content (AvgIpc) is 2.72. The Morgan fingerprint density at radius 3 is 2.62 bits per heavy atom. The van der Waals surface area contributed by atoms with Crippen LogP contribution < -0.4 is 15.1 Å². The summed E-state index contributed by atoms with van der Waals surface area (Å²) in [6, 6.07) is 9.31. The van der Waals surface area contributed by atoms with Crippen LogP contribution in [-0.4, -0.2) is 42.0 Å². The van der Waals surface area contributed by atoms with Crippen LogP contribution >= 0.6 is 23.2 Å². The number of rotatable bonds is 8. The van der Waals surface area contributed by atoms with E-state index in [0.29, 0.717) is 28.5 Å². The molecule has 1 amide bonds. The smallest absolute Gasteiger partial charge is 0.249 e. The van der Waals surface area contributed by atoms with E-state index in [1.807, 2.05) is 30.3 Å². The van der Waals surface area contributed by atoms with Crippen molar-refractivity contribution in [1.82, 2.24) is 15.4 Å². The van der Waals surface area contributed by atoms with Crippen LogP contribution in [0.1, 0.15) is 37.7 Å². The molecular formula is C21H25Cl2N3O3. The molecule has 6 nitrogen and oxygen atoms in total. The fourth-order valence-electron chi connectivity index (χ4n) is 3.42. The molecular weight excluding hydrogens is 413 g/mol. The van der Waals surface area contributed by atoms with Crippen LogP contribution in [0.4, 0.5) is 0 Å². The molecule has 0 aliphatic carbocycles. The third kappa shape index (κ3) is 6.77. The molecule has 0 radical (unpaired) electrons. The number of halogens is 2. The van der Waals surface area contributed by atoms with E-state index in [0.717, 1.165) is 50.2 Å². The van der Waals surface area contributed by atoms with Crippen LogP contribution in [0.5, 0.6) is 11.6 Å². The molecule has 1 saturated heterocycles. The van der Waals surface area contributed by atoms with Crippen molar-refractivity contribution in [1.29, 1.82) is 0 Å². The molecule has 1 aromatic carbocycles. The third-order valence-corrected chi connectivity index (χ3v) is 5.32. The predicted octanol–water partition coefficient (Wildman–Crippen LogP) is 4.47. The van der Waals surface area contributed by atoms with Gasteiger partial charge in [-0.1, -0.05) is 23.2 Å². The van der Waals surface area contributed by atoms with Gasteiger partial charge in [0, 0.05) is 30.3 Å². The van der Waals surface area contributed by atoms with Crippen molar-refractivity contribution < 1.29 is 14.4 Å². The van der Waals surface area contributed by atoms with E-state index in [1.165, 1.54) is 13.1 Å². The third-order valence-electron chi connectivity index (χ3n) is 4.87. The number of nitrogens with zero attached hydrogens (tertiary/aromatic N) is 2. The summed E-state index contributed by atoms with van der Waals surface area (Å²) in [5, 5.41) is 1.28. The molecule has 1 aliphatic rings. The summed E-state index contributed by atoms with van der Waals surface area (Å²) in [5.74, 6) is 1.28. The highest BCUT2D eigenvalue weighted by Gasteiger charge is 2.24. The highest BCUT2D eigenvalue weighted by atomic mass is 35.5. The highest BCUT2D eigenvalue weighted by Crippen LogP contribution is 2.34. The van der Waals surface area contributed by atoms with Crippen molar-refractivity contribution in [2.75, 3.05) is 26.2 Å². The van der Waals surface area contributed by atoms with Crippen molar-refractivity contribution in [3.05, 3.63) is 52.1 Å². The normalized spacial score (nSPS) is 15.1. The molecule has 1 fully saturated rings. The van der Waals surface area contributed by atoms with Gasteiger partial charge in [0.15, 0.2) is 0 Å². The van der Waals surface area contributed by atoms with E-state index >= 15 is 0 Å². The lowest BCUT2D eigenvalue weighted by Gasteiger charge is -2.32. The zero-order valence-electron chi connectivity index (χ0n) is 16.4. The topological polar surface area (TPSA) is 63.7 Å². The number of nitrogens with one attached hydrogen (secondary N) is 1. The molecule has 2 heterocycles. The first-order valence-electron chi connectivity index (χ1n) is 9.71. The lowest BCUT2D eigenvalue weighted by molar-refractivity contribution is -0.125. The number of hydroxylamine groups is 1. The Labute approximate surface area is 181 Å². The Morgan fingerprint density at radius 1 is 1.21 bits per heavy atom. The number of hydrogen-bond acceptors (Lipinski definition) is 5. The Kier molecular flexibility index (Phi) is 7.98. The van der Waals surface area contributed by atoms with Crippen LogP contribution in [0.25, 0.3) is 0 Å². The Balaban J connectivity index is 1.44. The number of carbonyl (C=O) groups excluding carboxylic acids is 1. The molecule has 156 valence electrons. The van der Waals surface area contributed by atoms with Gasteiger partial charge in [-0.3, -0.25) is 4.79 Å². The number of aromatic nitrogens is 1. The monoisotopic (exact) mass is 437 g/mol. The molecule has 1 aliphatic heterocycles. The first kappa shape index (κ1) is 21.7. The number of carbonyl (C=O) groups is 1. The predicted molar refractivity (Wildman–Crippen MR) is 114 cm³/mol. The molecule has 0 saturated carbocycles. The molecule has 2 aromatic rings. The lowest BCUT2D eigenvalue weighted by atomic mass is 9.90. The van der Waals surface area contributed by atoms with Gasteiger partial charge >= 0.3 is 0 Å². The molecule has 0 spiro atoms. The number of amides is 1. The Hall–Kier alpha value is -2.02. The van der Waals surface area contributed by atoms with Gasteiger partial charge in [0.05, 0.1) is 11.6 Å². The van der Waals surface area contributed by atoms with Crippen molar-refractivity contribution in [2.24, 2.45) is 0 Å². The largest absolute Gasteiger partial charge is 0.494 e. The minimum Gasteiger partial charge on any atom is -0.494 e. The number of ether oxygens (including phenoxy) is 1. The quantitative estimate of drug-likeness (QED) is 0.487. The van der Waals surface area contributed by atoms with Gasteiger partial charge in [-0.15, -0.1) is 0 Å². The van der Waals surface area contributed by atoms with Crippen LogP contribution in [0, 0.1) is 0 Å². The van der Waals surface area contributed by atoms with Gasteiger partial charge < -0.3 is 14.5 Å². The van der Waals surface area contributed by atoms with Gasteiger partial charge in [-0.25, -0.2) is 4.98 Å². The number of likely N-dealkylation sites (tertiary alicyclic amines) is 1. The second kappa shape index (κ2) is 10.7. The zero-order valence-corrected chi connectivity index (χ0v) is 17.9. The first-order valence-corrected chi connectivity index (χ1v) is 10.5. The summed E-state index contributed by atoms with van der Waals surface area (Å²) in [6.45, 7) is 5.03. The Morgan fingerprint density at radius 2 is 1.93 bits per heavy atom. The van der Waals surface area contributed by atoms with Crippen molar-refractivity contribution in [3.63, 3.8) is 0 Å². The highest BCUT2D eigenvalue weighted by molar-refractivity contribution is 6.30. The number of piperidine rings is 1. The molecule has 8 heteroatoms. The van der Waals surface area contributed by atoms with Crippen LogP contribution in [0.3, 0.4) is 0 Å². The van der Waals surface area contributed by atoms with E-state index in [1.54, 1.807) is 0 Å². The summed E-state index contributed by atoms with van der Waals surface area (Å²) in [7, 11) is 0. The number of hydrogen-bond donors (Lipinski definition) is 1. The lowest BCUT2D eigenvalue weighted by Crippen LogP contribution is -2.34. The van der Waals surface area contributed by atoms with Crippen molar-refractivity contribution >= 4 is 29.1 Å². The minimum atomic E-state index is -0.275. The minimum absolute atomic E-state index is 0.275. The van der Waals surface area contributed by atoms with Gasteiger partial charge in [-0.05, 0) is 68.6 Å². The van der Waals surface area contributed by atoms with E-state index < -0.39 is 0 Å². The molecule has 1 N–H and O–H groups in total. The maximum absolute atomic E-state index is 11.1. The summed E-state index contributed by atoms with van der Waals surface area (Å²) in [6.07, 6.45) is 4.45. The van der Waals surface area contributed by atoms with Crippen LogP contribution in [0.15, 0.2) is 36.5 Å². The molecule has 0 atom stereocenters. The zero-order chi connectivity index (χ0) is 20.6. The Bertz CT molecular complexity index is 809. The van der Waals surface area contributed by atoms with Crippen LogP contribution in [-0.2, 0) is 4.79 Å². The second-order valence-corrected chi connectivity index (χ2v) is 7.95. The van der Waals surface area contributed by atoms with Crippen molar-refractivity contribution in [2.45, 2.75) is 32.1 Å². The maximum atomic E-state index is 11.1. The van der Waals surface area contributed by atoms with Gasteiger partial charge in [-0.2, -0.15) is 5.48 Å². The number of pyridine rings is 1. The SMILES string of the molecule is CC(=O)NOc1ncc(Cl)cc1C1CCN(CCCOc2ccc(Cl)cc2)CC1. The molecule has 0 bridgehead atoms. The first-order chi connectivity index (χ1) is 14.0. The second-order valence-electron chi connectivity index (χ2n) is 7.08. The van der Waals surface area contributed by atoms with Gasteiger partial charge in [0.2, 0.25) is 11.8 Å². The molecule has 0 unspecified atom stereocenters. The van der Waals surface area contributed by atoms with Gasteiger partial charge in [0.25, 0.3) is 0 Å². The average molecular weight is 438 g/mol. The van der Waals surface area contributed by atoms with E-state index in [4.69, 9.17) is 32.8 Å².